The van der Waals surface area contributed by atoms with Gasteiger partial charge in [-0.1, -0.05) is 24.3 Å². The van der Waals surface area contributed by atoms with Gasteiger partial charge in [0.05, 0.1) is 0 Å². The van der Waals surface area contributed by atoms with E-state index in [9.17, 15) is 0 Å². The smallest absolute Gasteiger partial charge is 0.0369 e. The highest BCUT2D eigenvalue weighted by atomic mass is 15.2. The van der Waals surface area contributed by atoms with Crippen molar-refractivity contribution < 1.29 is 0 Å². The molecule has 1 aliphatic heterocycles. The first-order valence-corrected chi connectivity index (χ1v) is 6.32. The maximum absolute atomic E-state index is 6.13. The molecule has 3 rings (SSSR count). The quantitative estimate of drug-likeness (QED) is 0.821. The van der Waals surface area contributed by atoms with Crippen molar-refractivity contribution in [2.45, 2.75) is 44.3 Å². The average Bonchev–Trinajstić information content (AvgIpc) is 3.03. The first kappa shape index (κ1) is 10.3. The lowest BCUT2D eigenvalue weighted by Crippen LogP contribution is -2.29. The highest BCUT2D eigenvalue weighted by Gasteiger charge is 2.40. The Kier molecular flexibility index (Phi) is 2.49. The molecule has 2 heteroatoms. The van der Waals surface area contributed by atoms with Crippen molar-refractivity contribution in [2.24, 2.45) is 5.73 Å². The Morgan fingerprint density at radius 2 is 2.00 bits per heavy atom. The first-order valence-electron chi connectivity index (χ1n) is 6.32. The Labute approximate surface area is 97.4 Å². The molecule has 0 bridgehead atoms. The fraction of sp³-hybridized carbons (Fsp3) is 0.571. The monoisotopic (exact) mass is 216 g/mol. The summed E-state index contributed by atoms with van der Waals surface area (Å²) in [4.78, 5) is 2.63. The molecule has 0 spiro atoms. The molecular formula is C14H20N2. The normalized spacial score (nSPS) is 30.9. The molecular weight excluding hydrogens is 196 g/mol. The SMILES string of the molecule is Cc1ccccc1C1CC(N)CN1C1CC1. The molecule has 2 atom stereocenters. The van der Waals surface area contributed by atoms with Crippen molar-refractivity contribution in [1.82, 2.24) is 4.90 Å². The maximum Gasteiger partial charge on any atom is 0.0369 e. The molecule has 1 aromatic rings. The number of likely N-dealkylation sites (tertiary alicyclic amines) is 1. The predicted molar refractivity (Wildman–Crippen MR) is 66.2 cm³/mol. The fourth-order valence-corrected chi connectivity index (χ4v) is 2.97. The Hall–Kier alpha value is -0.860. The third-order valence-electron chi connectivity index (χ3n) is 3.94. The van der Waals surface area contributed by atoms with Crippen LogP contribution in [0.1, 0.15) is 36.4 Å². The molecule has 0 amide bonds. The van der Waals surface area contributed by atoms with Crippen LogP contribution >= 0.6 is 0 Å². The molecule has 2 N–H and O–H groups in total. The van der Waals surface area contributed by atoms with E-state index in [4.69, 9.17) is 5.73 Å². The molecule has 2 unspecified atom stereocenters. The Morgan fingerprint density at radius 3 is 2.69 bits per heavy atom. The van der Waals surface area contributed by atoms with E-state index in [-0.39, 0.29) is 0 Å². The minimum atomic E-state index is 0.366. The Balaban J connectivity index is 1.90. The molecule has 0 radical (unpaired) electrons. The van der Waals surface area contributed by atoms with Gasteiger partial charge in [0.25, 0.3) is 0 Å². The zero-order valence-electron chi connectivity index (χ0n) is 9.89. The fourth-order valence-electron chi connectivity index (χ4n) is 2.97. The van der Waals surface area contributed by atoms with Gasteiger partial charge in [-0.15, -0.1) is 0 Å². The minimum Gasteiger partial charge on any atom is -0.326 e. The van der Waals surface area contributed by atoms with Crippen LogP contribution in [0.5, 0.6) is 0 Å². The van der Waals surface area contributed by atoms with Crippen LogP contribution in [0.25, 0.3) is 0 Å². The summed E-state index contributed by atoms with van der Waals surface area (Å²) in [6, 6.07) is 10.5. The van der Waals surface area contributed by atoms with Crippen molar-refractivity contribution >= 4 is 0 Å². The molecule has 2 fully saturated rings. The second-order valence-electron chi connectivity index (χ2n) is 5.30. The predicted octanol–water partition coefficient (Wildman–Crippen LogP) is 2.23. The number of hydrogen-bond donors (Lipinski definition) is 1. The molecule has 1 aromatic carbocycles. The van der Waals surface area contributed by atoms with E-state index in [2.05, 4.69) is 36.1 Å². The maximum atomic E-state index is 6.13. The lowest BCUT2D eigenvalue weighted by molar-refractivity contribution is 0.245. The number of hydrogen-bond acceptors (Lipinski definition) is 2. The summed E-state index contributed by atoms with van der Waals surface area (Å²) < 4.78 is 0. The summed E-state index contributed by atoms with van der Waals surface area (Å²) in [5.41, 5.74) is 9.02. The zero-order chi connectivity index (χ0) is 11.1. The van der Waals surface area contributed by atoms with E-state index in [0.717, 1.165) is 19.0 Å². The number of nitrogens with zero attached hydrogens (tertiary/aromatic N) is 1. The van der Waals surface area contributed by atoms with Gasteiger partial charge < -0.3 is 5.73 Å². The third-order valence-corrected chi connectivity index (χ3v) is 3.94. The van der Waals surface area contributed by atoms with Crippen LogP contribution in [0.4, 0.5) is 0 Å². The minimum absolute atomic E-state index is 0.366. The van der Waals surface area contributed by atoms with Gasteiger partial charge in [-0.25, -0.2) is 0 Å². The molecule has 1 aliphatic carbocycles. The molecule has 16 heavy (non-hydrogen) atoms. The first-order chi connectivity index (χ1) is 7.75. The van der Waals surface area contributed by atoms with Gasteiger partial charge in [-0.2, -0.15) is 0 Å². The van der Waals surface area contributed by atoms with E-state index in [1.807, 2.05) is 0 Å². The lowest BCUT2D eigenvalue weighted by Gasteiger charge is -2.25. The van der Waals surface area contributed by atoms with Crippen LogP contribution in [0, 0.1) is 6.92 Å². The van der Waals surface area contributed by atoms with Crippen LogP contribution in [-0.4, -0.2) is 23.5 Å². The Bertz CT molecular complexity index is 384. The third kappa shape index (κ3) is 1.76. The topological polar surface area (TPSA) is 29.3 Å². The van der Waals surface area contributed by atoms with Crippen LogP contribution in [0.3, 0.4) is 0 Å². The highest BCUT2D eigenvalue weighted by molar-refractivity contribution is 5.30. The molecule has 1 saturated carbocycles. The van der Waals surface area contributed by atoms with E-state index in [0.29, 0.717) is 12.1 Å². The molecule has 1 saturated heterocycles. The molecule has 86 valence electrons. The highest BCUT2D eigenvalue weighted by Crippen LogP contribution is 2.41. The number of aryl methyl sites for hydroxylation is 1. The summed E-state index contributed by atoms with van der Waals surface area (Å²) >= 11 is 0. The summed E-state index contributed by atoms with van der Waals surface area (Å²) in [5.74, 6) is 0. The van der Waals surface area contributed by atoms with Gasteiger partial charge >= 0.3 is 0 Å². The summed E-state index contributed by atoms with van der Waals surface area (Å²) in [7, 11) is 0. The number of nitrogens with two attached hydrogens (primary N) is 1. The second-order valence-corrected chi connectivity index (χ2v) is 5.30. The summed E-state index contributed by atoms with van der Waals surface area (Å²) in [6.07, 6.45) is 3.87. The van der Waals surface area contributed by atoms with Crippen molar-refractivity contribution in [3.8, 4) is 0 Å². The lowest BCUT2D eigenvalue weighted by atomic mass is 9.98. The van der Waals surface area contributed by atoms with Gasteiger partial charge in [-0.05, 0) is 37.3 Å². The van der Waals surface area contributed by atoms with E-state index >= 15 is 0 Å². The largest absolute Gasteiger partial charge is 0.326 e. The standard InChI is InChI=1S/C14H20N2/c1-10-4-2-3-5-13(10)14-8-11(15)9-16(14)12-6-7-12/h2-5,11-12,14H,6-9,15H2,1H3. The summed E-state index contributed by atoms with van der Waals surface area (Å²) in [6.45, 7) is 3.30. The summed E-state index contributed by atoms with van der Waals surface area (Å²) in [5, 5.41) is 0. The van der Waals surface area contributed by atoms with Gasteiger partial charge in [0.1, 0.15) is 0 Å². The van der Waals surface area contributed by atoms with Crippen molar-refractivity contribution in [2.75, 3.05) is 6.54 Å². The van der Waals surface area contributed by atoms with Crippen LogP contribution in [-0.2, 0) is 0 Å². The number of rotatable bonds is 2. The van der Waals surface area contributed by atoms with Gasteiger partial charge in [0, 0.05) is 24.7 Å². The van der Waals surface area contributed by atoms with E-state index < -0.39 is 0 Å². The Morgan fingerprint density at radius 1 is 1.25 bits per heavy atom. The average molecular weight is 216 g/mol. The molecule has 2 aliphatic rings. The van der Waals surface area contributed by atoms with E-state index in [1.165, 1.54) is 24.0 Å². The zero-order valence-corrected chi connectivity index (χ0v) is 9.89. The molecule has 2 nitrogen and oxygen atoms in total. The van der Waals surface area contributed by atoms with Crippen LogP contribution in [0.2, 0.25) is 0 Å². The van der Waals surface area contributed by atoms with Crippen molar-refractivity contribution in [3.63, 3.8) is 0 Å². The number of benzene rings is 1. The second kappa shape index (κ2) is 3.86. The van der Waals surface area contributed by atoms with Crippen LogP contribution < -0.4 is 5.73 Å². The van der Waals surface area contributed by atoms with Gasteiger partial charge in [0.15, 0.2) is 0 Å². The molecule has 0 aromatic heterocycles. The molecule has 1 heterocycles. The van der Waals surface area contributed by atoms with Gasteiger partial charge in [-0.3, -0.25) is 4.90 Å². The van der Waals surface area contributed by atoms with Crippen LogP contribution in [0.15, 0.2) is 24.3 Å². The van der Waals surface area contributed by atoms with Crippen molar-refractivity contribution in [3.05, 3.63) is 35.4 Å². The van der Waals surface area contributed by atoms with Crippen molar-refractivity contribution in [1.29, 1.82) is 0 Å². The van der Waals surface area contributed by atoms with E-state index in [1.54, 1.807) is 0 Å². The van der Waals surface area contributed by atoms with Gasteiger partial charge in [0.2, 0.25) is 0 Å².